The van der Waals surface area contributed by atoms with Crippen LogP contribution in [0.4, 0.5) is 0 Å². The molecule has 1 saturated heterocycles. The molecule has 0 saturated carbocycles. The van der Waals surface area contributed by atoms with E-state index in [0.717, 1.165) is 19.6 Å². The minimum Gasteiger partial charge on any atom is -0.392 e. The lowest BCUT2D eigenvalue weighted by Crippen LogP contribution is -2.56. The molecule has 1 unspecified atom stereocenters. The van der Waals surface area contributed by atoms with E-state index in [1.807, 2.05) is 13.8 Å². The molecule has 3 heteroatoms. The molecule has 1 fully saturated rings. The van der Waals surface area contributed by atoms with Crippen molar-refractivity contribution in [2.45, 2.75) is 26.0 Å². The van der Waals surface area contributed by atoms with Crippen molar-refractivity contribution in [3.63, 3.8) is 0 Å². The lowest BCUT2D eigenvalue weighted by atomic mass is 10.1. The summed E-state index contributed by atoms with van der Waals surface area (Å²) in [5.74, 6) is 0.357. The fraction of sp³-hybridized carbons (Fsp3) is 1.00. The van der Waals surface area contributed by atoms with Gasteiger partial charge in [0, 0.05) is 25.7 Å². The largest absolute Gasteiger partial charge is 0.392 e. The fourth-order valence-corrected chi connectivity index (χ4v) is 0.956. The second-order valence-electron chi connectivity index (χ2n) is 3.57. The van der Waals surface area contributed by atoms with Crippen molar-refractivity contribution in [2.24, 2.45) is 5.92 Å². The number of aliphatic hydroxyl groups is 1. The predicted molar refractivity (Wildman–Crippen MR) is 45.5 cm³/mol. The lowest BCUT2D eigenvalue weighted by Gasteiger charge is -2.29. The number of nitrogens with one attached hydrogen (secondary N) is 2. The highest BCUT2D eigenvalue weighted by atomic mass is 16.3. The van der Waals surface area contributed by atoms with Crippen LogP contribution in [0.15, 0.2) is 0 Å². The maximum Gasteiger partial charge on any atom is 0.0687 e. The molecule has 1 aliphatic rings. The standard InChI is InChI=1S/C8H18N2O/c1-6(2)8(11)5-10-7-3-9-4-7/h6-11H,3-5H2,1-2H3. The number of rotatable bonds is 4. The molecule has 1 rings (SSSR count). The molecule has 0 aromatic heterocycles. The highest BCUT2D eigenvalue weighted by Gasteiger charge is 2.17. The summed E-state index contributed by atoms with van der Waals surface area (Å²) in [6.45, 7) is 6.89. The van der Waals surface area contributed by atoms with Crippen LogP contribution in [0.25, 0.3) is 0 Å². The Kier molecular flexibility index (Phi) is 3.30. The van der Waals surface area contributed by atoms with Gasteiger partial charge in [-0.3, -0.25) is 0 Å². The zero-order valence-corrected chi connectivity index (χ0v) is 7.30. The van der Waals surface area contributed by atoms with Crippen molar-refractivity contribution >= 4 is 0 Å². The van der Waals surface area contributed by atoms with Crippen molar-refractivity contribution in [3.05, 3.63) is 0 Å². The van der Waals surface area contributed by atoms with E-state index in [0.29, 0.717) is 12.0 Å². The maximum absolute atomic E-state index is 9.41. The third kappa shape index (κ3) is 2.77. The SMILES string of the molecule is CC(C)C(O)CNC1CNC1. The van der Waals surface area contributed by atoms with E-state index in [-0.39, 0.29) is 6.10 Å². The first kappa shape index (κ1) is 8.97. The number of aliphatic hydroxyl groups excluding tert-OH is 1. The van der Waals surface area contributed by atoms with Gasteiger partial charge >= 0.3 is 0 Å². The highest BCUT2D eigenvalue weighted by Crippen LogP contribution is 2.00. The summed E-state index contributed by atoms with van der Waals surface area (Å²) in [6.07, 6.45) is -0.199. The first-order valence-electron chi connectivity index (χ1n) is 4.32. The molecule has 3 nitrogen and oxygen atoms in total. The Bertz CT molecular complexity index is 113. The molecule has 1 aliphatic heterocycles. The van der Waals surface area contributed by atoms with Crippen LogP contribution in [0.3, 0.4) is 0 Å². The smallest absolute Gasteiger partial charge is 0.0687 e. The van der Waals surface area contributed by atoms with Gasteiger partial charge < -0.3 is 15.7 Å². The Morgan fingerprint density at radius 2 is 2.18 bits per heavy atom. The Labute approximate surface area is 68.2 Å². The molecule has 0 bridgehead atoms. The van der Waals surface area contributed by atoms with Gasteiger partial charge in [0.1, 0.15) is 0 Å². The number of hydrogen-bond acceptors (Lipinski definition) is 3. The summed E-state index contributed by atoms with van der Waals surface area (Å²) in [7, 11) is 0. The predicted octanol–water partition coefficient (Wildman–Crippen LogP) is -0.435. The molecule has 3 N–H and O–H groups in total. The molecule has 0 spiro atoms. The van der Waals surface area contributed by atoms with E-state index >= 15 is 0 Å². The van der Waals surface area contributed by atoms with E-state index in [1.165, 1.54) is 0 Å². The average Bonchev–Trinajstić information content (AvgIpc) is 1.83. The van der Waals surface area contributed by atoms with Gasteiger partial charge in [-0.2, -0.15) is 0 Å². The second kappa shape index (κ2) is 4.04. The third-order valence-corrected chi connectivity index (χ3v) is 2.17. The molecule has 66 valence electrons. The van der Waals surface area contributed by atoms with Crippen molar-refractivity contribution in [3.8, 4) is 0 Å². The molecule has 0 aliphatic carbocycles. The minimum absolute atomic E-state index is 0.199. The molecule has 0 aromatic rings. The van der Waals surface area contributed by atoms with E-state index in [1.54, 1.807) is 0 Å². The normalized spacial score (nSPS) is 21.8. The van der Waals surface area contributed by atoms with Crippen LogP contribution in [0.2, 0.25) is 0 Å². The number of hydrogen-bond donors (Lipinski definition) is 3. The van der Waals surface area contributed by atoms with Crippen LogP contribution in [-0.4, -0.2) is 36.9 Å². The molecule has 0 aromatic carbocycles. The van der Waals surface area contributed by atoms with E-state index in [4.69, 9.17) is 0 Å². The Hall–Kier alpha value is -0.120. The quantitative estimate of drug-likeness (QED) is 0.520. The Morgan fingerprint density at radius 3 is 2.55 bits per heavy atom. The van der Waals surface area contributed by atoms with Gasteiger partial charge in [0.25, 0.3) is 0 Å². The van der Waals surface area contributed by atoms with Gasteiger partial charge in [-0.25, -0.2) is 0 Å². The van der Waals surface area contributed by atoms with Gasteiger partial charge in [-0.1, -0.05) is 13.8 Å². The Balaban J connectivity index is 2.01. The summed E-state index contributed by atoms with van der Waals surface area (Å²) in [6, 6.07) is 0.586. The van der Waals surface area contributed by atoms with Crippen molar-refractivity contribution < 1.29 is 5.11 Å². The second-order valence-corrected chi connectivity index (χ2v) is 3.57. The molecule has 11 heavy (non-hydrogen) atoms. The highest BCUT2D eigenvalue weighted by molar-refractivity contribution is 4.82. The molecule has 0 amide bonds. The van der Waals surface area contributed by atoms with E-state index < -0.39 is 0 Å². The summed E-state index contributed by atoms with van der Waals surface area (Å²) >= 11 is 0. The average molecular weight is 158 g/mol. The van der Waals surface area contributed by atoms with Crippen molar-refractivity contribution in [1.29, 1.82) is 0 Å². The van der Waals surface area contributed by atoms with Gasteiger partial charge in [0.2, 0.25) is 0 Å². The van der Waals surface area contributed by atoms with Gasteiger partial charge in [0.05, 0.1) is 6.10 Å². The van der Waals surface area contributed by atoms with Crippen LogP contribution in [0.5, 0.6) is 0 Å². The van der Waals surface area contributed by atoms with Crippen LogP contribution < -0.4 is 10.6 Å². The maximum atomic E-state index is 9.41. The molecule has 1 atom stereocenters. The van der Waals surface area contributed by atoms with Crippen molar-refractivity contribution in [2.75, 3.05) is 19.6 Å². The minimum atomic E-state index is -0.199. The van der Waals surface area contributed by atoms with Crippen LogP contribution in [0.1, 0.15) is 13.8 Å². The summed E-state index contributed by atoms with van der Waals surface area (Å²) in [5.41, 5.74) is 0. The monoisotopic (exact) mass is 158 g/mol. The Morgan fingerprint density at radius 1 is 1.55 bits per heavy atom. The summed E-state index contributed by atoms with van der Waals surface area (Å²) in [4.78, 5) is 0. The van der Waals surface area contributed by atoms with Gasteiger partial charge in [-0.05, 0) is 5.92 Å². The topological polar surface area (TPSA) is 44.3 Å². The van der Waals surface area contributed by atoms with Crippen molar-refractivity contribution in [1.82, 2.24) is 10.6 Å². The third-order valence-electron chi connectivity index (χ3n) is 2.17. The van der Waals surface area contributed by atoms with Crippen LogP contribution in [0, 0.1) is 5.92 Å². The lowest BCUT2D eigenvalue weighted by molar-refractivity contribution is 0.116. The van der Waals surface area contributed by atoms with Crippen LogP contribution >= 0.6 is 0 Å². The first-order chi connectivity index (χ1) is 5.20. The zero-order chi connectivity index (χ0) is 8.27. The summed E-state index contributed by atoms with van der Waals surface area (Å²) < 4.78 is 0. The summed E-state index contributed by atoms with van der Waals surface area (Å²) in [5, 5.41) is 15.9. The van der Waals surface area contributed by atoms with Crippen LogP contribution in [-0.2, 0) is 0 Å². The zero-order valence-electron chi connectivity index (χ0n) is 7.30. The molecule has 0 radical (unpaired) electrons. The van der Waals surface area contributed by atoms with Gasteiger partial charge in [0.15, 0.2) is 0 Å². The van der Waals surface area contributed by atoms with Gasteiger partial charge in [-0.15, -0.1) is 0 Å². The fourth-order valence-electron chi connectivity index (χ4n) is 0.956. The molecule has 1 heterocycles. The van der Waals surface area contributed by atoms with E-state index in [9.17, 15) is 5.11 Å². The molecular formula is C8H18N2O. The first-order valence-corrected chi connectivity index (χ1v) is 4.32. The van der Waals surface area contributed by atoms with E-state index in [2.05, 4.69) is 10.6 Å². The molecular weight excluding hydrogens is 140 g/mol.